The fraction of sp³-hybridized carbons (Fsp3) is 0.902. The van der Waals surface area contributed by atoms with Crippen LogP contribution in [0.1, 0.15) is 125 Å². The molecule has 2 saturated carbocycles. The zero-order chi connectivity index (χ0) is 40.3. The third-order valence-corrected chi connectivity index (χ3v) is 14.8. The molecule has 16 heteroatoms. The molecule has 0 radical (unpaired) electrons. The van der Waals surface area contributed by atoms with E-state index < -0.39 is 59.9 Å². The van der Waals surface area contributed by atoms with Crippen LogP contribution >= 0.6 is 0 Å². The van der Waals surface area contributed by atoms with E-state index in [-0.39, 0.29) is 73.0 Å². The van der Waals surface area contributed by atoms with Gasteiger partial charge >= 0.3 is 11.9 Å². The van der Waals surface area contributed by atoms with Crippen molar-refractivity contribution in [2.75, 3.05) is 13.1 Å². The molecule has 0 aromatic carbocycles. The van der Waals surface area contributed by atoms with Gasteiger partial charge in [0.2, 0.25) is 36.0 Å². The lowest BCUT2D eigenvalue weighted by atomic mass is 9.58. The first-order chi connectivity index (χ1) is 27.2. The van der Waals surface area contributed by atoms with Gasteiger partial charge in [-0.3, -0.25) is 19.2 Å². The summed E-state index contributed by atoms with van der Waals surface area (Å²) in [5.41, 5.74) is -1.49. The van der Waals surface area contributed by atoms with E-state index in [1.54, 1.807) is 0 Å². The van der Waals surface area contributed by atoms with Crippen LogP contribution in [-0.4, -0.2) is 84.8 Å². The van der Waals surface area contributed by atoms with Crippen LogP contribution in [0.5, 0.6) is 0 Å². The molecule has 4 bridgehead atoms. The largest absolute Gasteiger partial charge is 0.435 e. The van der Waals surface area contributed by atoms with Crippen molar-refractivity contribution in [2.24, 2.45) is 47.3 Å². The Bertz CT molecular complexity index is 1440. The second-order valence-corrected chi connectivity index (χ2v) is 18.6. The number of carbonyl (C=O) groups is 4. The highest BCUT2D eigenvalue weighted by atomic mass is 17.3. The number of hydrogen-bond acceptors (Lipinski definition) is 14. The molecule has 0 aromatic heterocycles. The average molecular weight is 807 g/mol. The zero-order valence-electron chi connectivity index (χ0n) is 34.3. The summed E-state index contributed by atoms with van der Waals surface area (Å²) in [5, 5.41) is 5.56. The summed E-state index contributed by atoms with van der Waals surface area (Å²) in [6.45, 7) is 12.8. The highest BCUT2D eigenvalue weighted by Crippen LogP contribution is 2.62. The number of fused-ring (bicyclic) bond motifs is 4. The minimum absolute atomic E-state index is 0.0231. The Hall–Kier alpha value is -2.44. The number of amides is 2. The number of hydrogen-bond donors (Lipinski definition) is 2. The SMILES string of the molecule is C[C@H]1[C@H](OC(=O)CCC(=O)NCCCNC(=O)CCC(=O)O[C@@H]2O[C@@H]3O[C@@]4(C)CC[C@H]5[C@H](C)CC[C@@H]([C@H]2C)[C@@]35OO4)O[C@@H]2O[C@@]3(C)CC[C@H]4[C@H](C)CC[C@@H]1[C@@]24OO3. The summed E-state index contributed by atoms with van der Waals surface area (Å²) >= 11 is 0. The van der Waals surface area contributed by atoms with E-state index in [1.165, 1.54) is 0 Å². The monoisotopic (exact) mass is 806 g/mol. The molecule has 2 spiro atoms. The van der Waals surface area contributed by atoms with Crippen molar-refractivity contribution in [1.82, 2.24) is 10.6 Å². The van der Waals surface area contributed by atoms with E-state index >= 15 is 0 Å². The van der Waals surface area contributed by atoms with Crippen LogP contribution in [0.2, 0.25) is 0 Å². The summed E-state index contributed by atoms with van der Waals surface area (Å²) in [6, 6.07) is 0. The summed E-state index contributed by atoms with van der Waals surface area (Å²) < 4.78 is 36.9. The smallest absolute Gasteiger partial charge is 0.308 e. The molecule has 8 saturated heterocycles. The molecular weight excluding hydrogens is 744 g/mol. The quantitative estimate of drug-likeness (QED) is 0.158. The van der Waals surface area contributed by atoms with Gasteiger partial charge in [0.05, 0.1) is 12.8 Å². The lowest BCUT2D eigenvalue weighted by molar-refractivity contribution is -0.576. The van der Waals surface area contributed by atoms with Gasteiger partial charge in [-0.2, -0.15) is 0 Å². The van der Waals surface area contributed by atoms with E-state index in [0.29, 0.717) is 44.2 Å². The number of carbonyl (C=O) groups excluding carboxylic acids is 4. The molecule has 10 aliphatic rings. The van der Waals surface area contributed by atoms with Gasteiger partial charge in [0, 0.05) is 62.4 Å². The van der Waals surface area contributed by atoms with Gasteiger partial charge < -0.3 is 39.1 Å². The van der Waals surface area contributed by atoms with Crippen molar-refractivity contribution >= 4 is 23.8 Å². The maximum Gasteiger partial charge on any atom is 0.308 e. The predicted octanol–water partition coefficient (Wildman–Crippen LogP) is 4.67. The lowest BCUT2D eigenvalue weighted by Gasteiger charge is -2.59. The van der Waals surface area contributed by atoms with Crippen molar-refractivity contribution in [3.63, 3.8) is 0 Å². The molecule has 0 unspecified atom stereocenters. The van der Waals surface area contributed by atoms with Gasteiger partial charge in [0.15, 0.2) is 23.8 Å². The molecule has 320 valence electrons. The van der Waals surface area contributed by atoms with Gasteiger partial charge in [0.1, 0.15) is 0 Å². The van der Waals surface area contributed by atoms with Crippen LogP contribution in [0.15, 0.2) is 0 Å². The summed E-state index contributed by atoms with van der Waals surface area (Å²) in [5.74, 6) is -2.52. The van der Waals surface area contributed by atoms with Gasteiger partial charge in [-0.05, 0) is 82.5 Å². The maximum absolute atomic E-state index is 12.9. The Kier molecular flexibility index (Phi) is 11.5. The first-order valence-electron chi connectivity index (χ1n) is 21.5. The molecule has 2 N–H and O–H groups in total. The summed E-state index contributed by atoms with van der Waals surface area (Å²) in [6.07, 6.45) is 4.09. The van der Waals surface area contributed by atoms with E-state index in [4.69, 9.17) is 48.0 Å². The lowest BCUT2D eigenvalue weighted by Crippen LogP contribution is -2.70. The summed E-state index contributed by atoms with van der Waals surface area (Å²) in [4.78, 5) is 74.9. The fourth-order valence-electron chi connectivity index (χ4n) is 11.5. The highest BCUT2D eigenvalue weighted by Gasteiger charge is 2.71. The van der Waals surface area contributed by atoms with E-state index in [9.17, 15) is 19.2 Å². The van der Waals surface area contributed by atoms with Crippen molar-refractivity contribution < 1.29 is 67.1 Å². The van der Waals surface area contributed by atoms with E-state index in [0.717, 1.165) is 38.5 Å². The Morgan fingerprint density at radius 1 is 0.561 bits per heavy atom. The first kappa shape index (κ1) is 41.3. The predicted molar refractivity (Wildman–Crippen MR) is 195 cm³/mol. The van der Waals surface area contributed by atoms with Gasteiger partial charge in [0.25, 0.3) is 0 Å². The van der Waals surface area contributed by atoms with Gasteiger partial charge in [-0.25, -0.2) is 19.6 Å². The van der Waals surface area contributed by atoms with Crippen molar-refractivity contribution in [3.8, 4) is 0 Å². The molecule has 0 aromatic rings. The fourth-order valence-corrected chi connectivity index (χ4v) is 11.5. The van der Waals surface area contributed by atoms with Crippen LogP contribution in [0.3, 0.4) is 0 Å². The van der Waals surface area contributed by atoms with Crippen LogP contribution < -0.4 is 10.6 Å². The molecule has 16 atom stereocenters. The minimum Gasteiger partial charge on any atom is -0.435 e. The van der Waals surface area contributed by atoms with Crippen LogP contribution in [0, 0.1) is 47.3 Å². The van der Waals surface area contributed by atoms with E-state index in [1.807, 2.05) is 27.7 Å². The van der Waals surface area contributed by atoms with Gasteiger partial charge in [-0.1, -0.05) is 27.7 Å². The molecule has 10 rings (SSSR count). The number of nitrogens with one attached hydrogen (secondary N) is 2. The Morgan fingerprint density at radius 3 is 1.40 bits per heavy atom. The highest BCUT2D eigenvalue weighted by molar-refractivity contribution is 5.82. The zero-order valence-corrected chi connectivity index (χ0v) is 34.3. The molecule has 16 nitrogen and oxygen atoms in total. The second-order valence-electron chi connectivity index (χ2n) is 18.6. The molecule has 8 heterocycles. The van der Waals surface area contributed by atoms with Crippen molar-refractivity contribution in [1.29, 1.82) is 0 Å². The van der Waals surface area contributed by atoms with Crippen molar-refractivity contribution in [3.05, 3.63) is 0 Å². The molecular formula is C41H62N2O14. The molecule has 10 fully saturated rings. The molecule has 2 aliphatic carbocycles. The molecule has 2 amide bonds. The Balaban J connectivity index is 0.716. The Labute approximate surface area is 334 Å². The first-order valence-corrected chi connectivity index (χ1v) is 21.5. The van der Waals surface area contributed by atoms with Crippen LogP contribution in [0.25, 0.3) is 0 Å². The van der Waals surface area contributed by atoms with Crippen LogP contribution in [-0.2, 0) is 67.1 Å². The van der Waals surface area contributed by atoms with Crippen LogP contribution in [0.4, 0.5) is 0 Å². The molecule has 8 aliphatic heterocycles. The van der Waals surface area contributed by atoms with Gasteiger partial charge in [-0.15, -0.1) is 0 Å². The second kappa shape index (κ2) is 15.9. The standard InChI is InChI=1S/C41H62N2O14/c1-22-8-10-28-24(3)34(50-36-40(28)26(22)16-18-38(5,52-36)54-56-40)48-32(46)14-12-30(44)42-20-7-21-43-31(45)13-15-33(47)49-35-25(4)29-11-9-23(2)27-17-19-39(6)53-37(51-35)41(27,29)57-55-39/h22-29,34-37H,7-21H2,1-6H3,(H,42,44)(H,43,45)/t22-,23-,24-,25-,26+,27+,28+,29+,34-,35-,36-,37-,38-,39-,40-,41-/m1/s1. The molecule has 57 heavy (non-hydrogen) atoms. The average Bonchev–Trinajstić information content (AvgIpc) is 3.55. The Morgan fingerprint density at radius 2 is 0.982 bits per heavy atom. The minimum atomic E-state index is -0.926. The normalized spacial score (nSPS) is 46.7. The third-order valence-electron chi connectivity index (χ3n) is 14.8. The number of esters is 2. The summed E-state index contributed by atoms with van der Waals surface area (Å²) in [7, 11) is 0. The number of ether oxygens (including phenoxy) is 6. The third kappa shape index (κ3) is 7.52. The number of rotatable bonds is 12. The van der Waals surface area contributed by atoms with Crippen molar-refractivity contribution in [2.45, 2.75) is 173 Å². The topological polar surface area (TPSA) is 185 Å². The maximum atomic E-state index is 12.9. The van der Waals surface area contributed by atoms with E-state index in [2.05, 4.69) is 24.5 Å².